The second-order valence-corrected chi connectivity index (χ2v) is 9.90. The van der Waals surface area contributed by atoms with Gasteiger partial charge in [-0.1, -0.05) is 24.3 Å². The Bertz CT molecular complexity index is 1060. The Hall–Kier alpha value is -3.33. The molecule has 2 saturated carbocycles. The second kappa shape index (κ2) is 11.6. The van der Waals surface area contributed by atoms with Crippen LogP contribution >= 0.6 is 0 Å². The van der Waals surface area contributed by atoms with Gasteiger partial charge in [0.1, 0.15) is 0 Å². The molecule has 0 radical (unpaired) electrons. The van der Waals surface area contributed by atoms with E-state index in [1.165, 1.54) is 43.6 Å². The molecule has 3 fully saturated rings. The van der Waals surface area contributed by atoms with Crippen molar-refractivity contribution in [1.29, 1.82) is 0 Å². The van der Waals surface area contributed by atoms with Gasteiger partial charge < -0.3 is 15.1 Å². The molecule has 0 bridgehead atoms. The monoisotopic (exact) mass is 496 g/mol. The second-order valence-electron chi connectivity index (χ2n) is 9.90. The van der Waals surface area contributed by atoms with Crippen LogP contribution in [0.2, 0.25) is 0 Å². The molecule has 8 nitrogen and oxygen atoms in total. The summed E-state index contributed by atoms with van der Waals surface area (Å²) >= 11 is 0. The number of aryl methyl sites for hydroxylation is 1. The maximum Gasteiger partial charge on any atom is 0.328 e. The van der Waals surface area contributed by atoms with Crippen LogP contribution in [0.15, 0.2) is 48.8 Å². The van der Waals surface area contributed by atoms with Crippen LogP contribution < -0.4 is 4.90 Å². The van der Waals surface area contributed by atoms with E-state index < -0.39 is 11.9 Å². The van der Waals surface area contributed by atoms with Crippen molar-refractivity contribution in [2.75, 3.05) is 31.1 Å². The van der Waals surface area contributed by atoms with Gasteiger partial charge in [-0.2, -0.15) is 0 Å². The zero-order valence-electron chi connectivity index (χ0n) is 20.5. The summed E-state index contributed by atoms with van der Waals surface area (Å²) < 4.78 is 13.0. The van der Waals surface area contributed by atoms with Crippen molar-refractivity contribution < 1.29 is 24.2 Å². The highest BCUT2D eigenvalue weighted by molar-refractivity contribution is 5.89. The number of anilines is 1. The summed E-state index contributed by atoms with van der Waals surface area (Å²) in [6.45, 7) is 6.25. The lowest BCUT2D eigenvalue weighted by molar-refractivity contribution is -0.134. The Morgan fingerprint density at radius 1 is 0.917 bits per heavy atom. The highest BCUT2D eigenvalue weighted by Crippen LogP contribution is 2.52. The van der Waals surface area contributed by atoms with E-state index in [0.29, 0.717) is 18.1 Å². The molecule has 1 saturated heterocycles. The third-order valence-electron chi connectivity index (χ3n) is 7.71. The Morgan fingerprint density at radius 2 is 1.47 bits per heavy atom. The molecule has 0 amide bonds. The molecule has 1 aromatic carbocycles. The van der Waals surface area contributed by atoms with Gasteiger partial charge in [-0.15, -0.1) is 0 Å². The first kappa shape index (κ1) is 25.8. The number of nitrogens with zero attached hydrogens (tertiary/aromatic N) is 4. The van der Waals surface area contributed by atoms with Crippen LogP contribution in [-0.2, 0) is 9.59 Å². The highest BCUT2D eigenvalue weighted by Gasteiger charge is 2.44. The number of fused-ring (bicyclic) bond motifs is 1. The van der Waals surface area contributed by atoms with Gasteiger partial charge >= 0.3 is 11.9 Å². The normalized spacial score (nSPS) is 25.9. The summed E-state index contributed by atoms with van der Waals surface area (Å²) in [7, 11) is 0. The van der Waals surface area contributed by atoms with Crippen molar-refractivity contribution in [2.45, 2.75) is 44.6 Å². The number of hydrogen-bond acceptors (Lipinski definition) is 6. The Morgan fingerprint density at radius 3 is 2.00 bits per heavy atom. The lowest BCUT2D eigenvalue weighted by Gasteiger charge is -2.38. The molecule has 2 unspecified atom stereocenters. The minimum atomic E-state index is -1.26. The van der Waals surface area contributed by atoms with Crippen LogP contribution in [0.1, 0.15) is 42.7 Å². The van der Waals surface area contributed by atoms with E-state index in [1.807, 2.05) is 0 Å². The fourth-order valence-electron chi connectivity index (χ4n) is 6.08. The first-order valence-electron chi connectivity index (χ1n) is 12.5. The van der Waals surface area contributed by atoms with Crippen LogP contribution in [-0.4, -0.2) is 69.2 Å². The van der Waals surface area contributed by atoms with Crippen molar-refractivity contribution in [1.82, 2.24) is 14.9 Å². The van der Waals surface area contributed by atoms with Crippen LogP contribution in [0.3, 0.4) is 0 Å². The molecule has 2 aliphatic carbocycles. The van der Waals surface area contributed by atoms with E-state index in [1.54, 1.807) is 5.56 Å². The number of piperazine rings is 1. The quantitative estimate of drug-likeness (QED) is 0.603. The Kier molecular flexibility index (Phi) is 8.30. The van der Waals surface area contributed by atoms with Gasteiger partial charge in [-0.25, -0.2) is 23.9 Å². The van der Waals surface area contributed by atoms with Gasteiger partial charge in [0.25, 0.3) is 0 Å². The number of aromatic nitrogens is 2. The standard InChI is InChI=1S/C23H29FN4.C4H4O4/c1-16-4-2-3-5-22(16)19-10-17-12-21(13-18(17)11-19)27-6-8-28(9-7-27)23-25-14-20(24)15-26-23;5-3(6)1-2-4(7)8/h2-5,14-15,17-19,21H,6-13H2,1H3;1-2H,(H,5,6)(H,7,8)/b;2-1+. The van der Waals surface area contributed by atoms with Gasteiger partial charge in [-0.3, -0.25) is 4.90 Å². The number of carboxylic acid groups (broad SMARTS) is 2. The summed E-state index contributed by atoms with van der Waals surface area (Å²) in [6, 6.07) is 9.69. The van der Waals surface area contributed by atoms with Crippen LogP contribution in [0.5, 0.6) is 0 Å². The Balaban J connectivity index is 0.000000331. The average Bonchev–Trinajstić information content (AvgIpc) is 3.44. The largest absolute Gasteiger partial charge is 0.478 e. The van der Waals surface area contributed by atoms with E-state index in [2.05, 4.69) is 51.0 Å². The fourth-order valence-corrected chi connectivity index (χ4v) is 6.08. The molecular formula is C27H33FN4O4. The smallest absolute Gasteiger partial charge is 0.328 e. The zero-order valence-corrected chi connectivity index (χ0v) is 20.5. The van der Waals surface area contributed by atoms with E-state index in [0.717, 1.165) is 50.0 Å². The van der Waals surface area contributed by atoms with E-state index in [4.69, 9.17) is 10.2 Å². The fraction of sp³-hybridized carbons (Fsp3) is 0.481. The maximum absolute atomic E-state index is 13.0. The lowest BCUT2D eigenvalue weighted by atomic mass is 9.90. The zero-order chi connectivity index (χ0) is 25.7. The predicted octanol–water partition coefficient (Wildman–Crippen LogP) is 3.73. The minimum Gasteiger partial charge on any atom is -0.478 e. The van der Waals surface area contributed by atoms with E-state index in [9.17, 15) is 14.0 Å². The molecule has 9 heteroatoms. The summed E-state index contributed by atoms with van der Waals surface area (Å²) in [5, 5.41) is 15.6. The van der Waals surface area contributed by atoms with Crippen molar-refractivity contribution in [3.63, 3.8) is 0 Å². The SMILES string of the molecule is Cc1ccccc1C1CC2CC(N3CCN(c4ncc(F)cn4)CC3)CC2C1.O=C(O)/C=C/C(=O)O. The molecule has 5 rings (SSSR count). The first-order valence-corrected chi connectivity index (χ1v) is 12.5. The van der Waals surface area contributed by atoms with Crippen molar-refractivity contribution in [3.05, 3.63) is 65.8 Å². The first-order chi connectivity index (χ1) is 17.3. The molecule has 1 aromatic heterocycles. The summed E-state index contributed by atoms with van der Waals surface area (Å²) in [5.41, 5.74) is 3.05. The number of carboxylic acids is 2. The molecule has 3 aliphatic rings. The number of aliphatic carboxylic acids is 2. The molecule has 1 aliphatic heterocycles. The van der Waals surface area contributed by atoms with Gasteiger partial charge in [0.05, 0.1) is 12.4 Å². The van der Waals surface area contributed by atoms with Gasteiger partial charge in [-0.05, 0) is 61.5 Å². The molecule has 0 spiro atoms. The van der Waals surface area contributed by atoms with Gasteiger partial charge in [0.2, 0.25) is 5.95 Å². The number of halogens is 1. The van der Waals surface area contributed by atoms with Crippen molar-refractivity contribution in [2.24, 2.45) is 11.8 Å². The van der Waals surface area contributed by atoms with Crippen molar-refractivity contribution in [3.8, 4) is 0 Å². The van der Waals surface area contributed by atoms with Crippen LogP contribution in [0, 0.1) is 24.6 Å². The molecule has 2 aromatic rings. The lowest BCUT2D eigenvalue weighted by Crippen LogP contribution is -2.50. The number of hydrogen-bond donors (Lipinski definition) is 2. The average molecular weight is 497 g/mol. The third-order valence-corrected chi connectivity index (χ3v) is 7.71. The van der Waals surface area contributed by atoms with Gasteiger partial charge in [0.15, 0.2) is 5.82 Å². The van der Waals surface area contributed by atoms with Crippen molar-refractivity contribution >= 4 is 17.9 Å². The summed E-state index contributed by atoms with van der Waals surface area (Å²) in [4.78, 5) is 32.2. The highest BCUT2D eigenvalue weighted by atomic mass is 19.1. The van der Waals surface area contributed by atoms with Crippen LogP contribution in [0.4, 0.5) is 10.3 Å². The summed E-state index contributed by atoms with van der Waals surface area (Å²) in [6.07, 6.45) is 9.10. The van der Waals surface area contributed by atoms with E-state index >= 15 is 0 Å². The third kappa shape index (κ3) is 6.46. The van der Waals surface area contributed by atoms with E-state index in [-0.39, 0.29) is 5.82 Å². The molecule has 36 heavy (non-hydrogen) atoms. The molecule has 2 N–H and O–H groups in total. The number of rotatable bonds is 5. The Labute approximate surface area is 210 Å². The predicted molar refractivity (Wildman–Crippen MR) is 133 cm³/mol. The maximum atomic E-state index is 13.0. The van der Waals surface area contributed by atoms with Gasteiger partial charge in [0, 0.05) is 44.4 Å². The molecule has 2 atom stereocenters. The molecule has 2 heterocycles. The van der Waals surface area contributed by atoms with Crippen LogP contribution in [0.25, 0.3) is 0 Å². The molecular weight excluding hydrogens is 463 g/mol. The topological polar surface area (TPSA) is 107 Å². The number of benzene rings is 1. The minimum absolute atomic E-state index is 0.371. The summed E-state index contributed by atoms with van der Waals surface area (Å²) in [5.74, 6) is 0.333. The number of carbonyl (C=O) groups is 2. The molecule has 192 valence electrons.